The first-order chi connectivity index (χ1) is 16.5. The summed E-state index contributed by atoms with van der Waals surface area (Å²) in [5, 5.41) is 14.0. The highest BCUT2D eigenvalue weighted by Crippen LogP contribution is 2.41. The van der Waals surface area contributed by atoms with Gasteiger partial charge in [0, 0.05) is 38.6 Å². The van der Waals surface area contributed by atoms with Crippen LogP contribution in [-0.4, -0.2) is 40.3 Å². The van der Waals surface area contributed by atoms with Gasteiger partial charge in [-0.15, -0.1) is 11.3 Å². The van der Waals surface area contributed by atoms with Crippen LogP contribution >= 0.6 is 27.3 Å². The number of ether oxygens (including phenoxy) is 1. The number of aliphatic hydroxyl groups is 1. The van der Waals surface area contributed by atoms with Crippen LogP contribution in [0.25, 0.3) is 16.7 Å². The first-order valence-electron chi connectivity index (χ1n) is 10.7. The van der Waals surface area contributed by atoms with Crippen molar-refractivity contribution in [3.63, 3.8) is 0 Å². The number of amides is 1. The number of halogens is 1. The van der Waals surface area contributed by atoms with Gasteiger partial charge < -0.3 is 19.7 Å². The molecule has 2 aromatic heterocycles. The highest BCUT2D eigenvalue weighted by Gasteiger charge is 2.46. The first kappa shape index (κ1) is 22.4. The quantitative estimate of drug-likeness (QED) is 0.189. The Hall–Kier alpha value is -3.36. The molecule has 0 spiro atoms. The average Bonchev–Trinajstić information content (AvgIpc) is 3.57. The summed E-state index contributed by atoms with van der Waals surface area (Å²) < 4.78 is 6.21. The number of carbonyl (C=O) groups excluding carboxylic acids is 2. The molecule has 4 aromatic rings. The summed E-state index contributed by atoms with van der Waals surface area (Å²) in [5.74, 6) is -0.681. The molecule has 0 aliphatic carbocycles. The monoisotopic (exact) mass is 536 g/mol. The fraction of sp³-hybridized carbons (Fsp3) is 0.154. The number of rotatable bonds is 6. The lowest BCUT2D eigenvalue weighted by Gasteiger charge is -2.24. The van der Waals surface area contributed by atoms with E-state index in [0.29, 0.717) is 18.5 Å². The number of nitrogens with zero attached hydrogens (tertiary/aromatic N) is 1. The van der Waals surface area contributed by atoms with E-state index in [1.807, 2.05) is 41.9 Å². The number of aromatic nitrogens is 1. The Bertz CT molecular complexity index is 1410. The van der Waals surface area contributed by atoms with Crippen LogP contribution in [-0.2, 0) is 16.0 Å². The molecule has 3 heterocycles. The molecule has 0 bridgehead atoms. The number of thiophene rings is 1. The van der Waals surface area contributed by atoms with Crippen LogP contribution in [0.15, 0.2) is 76.2 Å². The lowest BCUT2D eigenvalue weighted by Crippen LogP contribution is -2.31. The van der Waals surface area contributed by atoms with E-state index in [9.17, 15) is 14.7 Å². The molecule has 172 valence electrons. The predicted octanol–water partition coefficient (Wildman–Crippen LogP) is 5.66. The van der Waals surface area contributed by atoms with Crippen LogP contribution in [0.4, 0.5) is 0 Å². The van der Waals surface area contributed by atoms with Gasteiger partial charge in [0.05, 0.1) is 18.7 Å². The second kappa shape index (κ2) is 9.12. The summed E-state index contributed by atoms with van der Waals surface area (Å²) in [4.78, 5) is 31.9. The Labute approximate surface area is 208 Å². The lowest BCUT2D eigenvalue weighted by atomic mass is 10.00. The van der Waals surface area contributed by atoms with E-state index in [1.54, 1.807) is 36.3 Å². The zero-order chi connectivity index (χ0) is 23.8. The van der Waals surface area contributed by atoms with E-state index >= 15 is 0 Å². The number of likely N-dealkylation sites (tertiary alicyclic amines) is 1. The van der Waals surface area contributed by atoms with Gasteiger partial charge in [0.25, 0.3) is 11.7 Å². The summed E-state index contributed by atoms with van der Waals surface area (Å²) in [7, 11) is 1.62. The van der Waals surface area contributed by atoms with E-state index in [4.69, 9.17) is 4.74 Å². The Morgan fingerprint density at radius 2 is 1.97 bits per heavy atom. The molecular formula is C26H21BrN2O4S. The predicted molar refractivity (Wildman–Crippen MR) is 136 cm³/mol. The van der Waals surface area contributed by atoms with E-state index in [2.05, 4.69) is 20.9 Å². The number of fused-ring (bicyclic) bond motifs is 1. The molecule has 8 heteroatoms. The number of nitrogens with one attached hydrogen (secondary N) is 1. The van der Waals surface area contributed by atoms with Crippen LogP contribution in [0.3, 0.4) is 0 Å². The van der Waals surface area contributed by atoms with E-state index < -0.39 is 17.7 Å². The van der Waals surface area contributed by atoms with Gasteiger partial charge in [0.15, 0.2) is 0 Å². The molecular weight excluding hydrogens is 516 g/mol. The first-order valence-corrected chi connectivity index (χ1v) is 12.4. The standard InChI is InChI=1S/C26H21BrN2O4S/c1-33-18-8-9-20-19(13-18)16(14-28-20)10-11-29-23(21-3-2-12-34-21)22(25(31)26(29)32)24(30)15-4-6-17(27)7-5-15/h2-9,12-14,23,28,30H,10-11H2,1H3/t23-/m1/s1. The molecule has 2 aromatic carbocycles. The molecule has 2 N–H and O–H groups in total. The Morgan fingerprint density at radius 3 is 2.68 bits per heavy atom. The van der Waals surface area contributed by atoms with E-state index in [1.165, 1.54) is 11.3 Å². The highest BCUT2D eigenvalue weighted by atomic mass is 79.9. The molecule has 5 rings (SSSR count). The summed E-state index contributed by atoms with van der Waals surface area (Å²) in [6.07, 6.45) is 2.46. The number of methoxy groups -OCH3 is 1. The smallest absolute Gasteiger partial charge is 0.295 e. The fourth-order valence-corrected chi connectivity index (χ4v) is 5.46. The molecule has 34 heavy (non-hydrogen) atoms. The second-order valence-corrected chi connectivity index (χ2v) is 9.89. The third-order valence-corrected chi connectivity index (χ3v) is 7.52. The van der Waals surface area contributed by atoms with Gasteiger partial charge in [-0.05, 0) is 53.8 Å². The van der Waals surface area contributed by atoms with Crippen molar-refractivity contribution in [2.24, 2.45) is 0 Å². The summed E-state index contributed by atoms with van der Waals surface area (Å²) >= 11 is 4.84. The minimum absolute atomic E-state index is 0.121. The molecule has 1 fully saturated rings. The van der Waals surface area contributed by atoms with Crippen molar-refractivity contribution in [3.05, 3.63) is 92.2 Å². The average molecular weight is 537 g/mol. The molecule has 1 aliphatic heterocycles. The Morgan fingerprint density at radius 1 is 1.18 bits per heavy atom. The molecule has 6 nitrogen and oxygen atoms in total. The van der Waals surface area contributed by atoms with Crippen molar-refractivity contribution in [1.82, 2.24) is 9.88 Å². The van der Waals surface area contributed by atoms with Crippen molar-refractivity contribution in [3.8, 4) is 5.75 Å². The van der Waals surface area contributed by atoms with Crippen molar-refractivity contribution in [2.75, 3.05) is 13.7 Å². The van der Waals surface area contributed by atoms with Gasteiger partial charge in [0.2, 0.25) is 0 Å². The number of carbonyl (C=O) groups is 2. The minimum Gasteiger partial charge on any atom is -0.507 e. The maximum absolute atomic E-state index is 13.1. The van der Waals surface area contributed by atoms with Crippen molar-refractivity contribution in [1.29, 1.82) is 0 Å². The maximum Gasteiger partial charge on any atom is 0.295 e. The number of H-pyrrole nitrogens is 1. The molecule has 1 saturated heterocycles. The number of ketones is 1. The minimum atomic E-state index is -0.667. The number of benzene rings is 2. The molecule has 0 unspecified atom stereocenters. The van der Waals surface area contributed by atoms with Crippen molar-refractivity contribution >= 4 is 55.6 Å². The van der Waals surface area contributed by atoms with Crippen LogP contribution in [0.2, 0.25) is 0 Å². The van der Waals surface area contributed by atoms with E-state index in [-0.39, 0.29) is 11.3 Å². The van der Waals surface area contributed by atoms with Crippen molar-refractivity contribution < 1.29 is 19.4 Å². The summed E-state index contributed by atoms with van der Waals surface area (Å²) in [6, 6.07) is 15.9. The summed E-state index contributed by atoms with van der Waals surface area (Å²) in [6.45, 7) is 0.328. The van der Waals surface area contributed by atoms with Crippen LogP contribution < -0.4 is 4.74 Å². The lowest BCUT2D eigenvalue weighted by molar-refractivity contribution is -0.139. The van der Waals surface area contributed by atoms with Crippen LogP contribution in [0.1, 0.15) is 22.0 Å². The Kier molecular flexibility index (Phi) is 6.02. The van der Waals surface area contributed by atoms with Gasteiger partial charge in [-0.25, -0.2) is 0 Å². The fourth-order valence-electron chi connectivity index (χ4n) is 4.35. The normalized spacial score (nSPS) is 17.6. The maximum atomic E-state index is 13.1. The molecule has 0 saturated carbocycles. The molecule has 1 amide bonds. The van der Waals surface area contributed by atoms with Gasteiger partial charge >= 0.3 is 0 Å². The molecule has 1 atom stereocenters. The number of hydrogen-bond acceptors (Lipinski definition) is 5. The van der Waals surface area contributed by atoms with Gasteiger partial charge in [-0.2, -0.15) is 0 Å². The van der Waals surface area contributed by atoms with Gasteiger partial charge in [0.1, 0.15) is 11.5 Å². The molecule has 1 aliphatic rings. The third-order valence-electron chi connectivity index (χ3n) is 6.07. The Balaban J connectivity index is 1.52. The van der Waals surface area contributed by atoms with Crippen molar-refractivity contribution in [2.45, 2.75) is 12.5 Å². The van der Waals surface area contributed by atoms with Gasteiger partial charge in [-0.1, -0.05) is 34.1 Å². The van der Waals surface area contributed by atoms with Crippen LogP contribution in [0.5, 0.6) is 5.75 Å². The largest absolute Gasteiger partial charge is 0.507 e. The highest BCUT2D eigenvalue weighted by molar-refractivity contribution is 9.10. The topological polar surface area (TPSA) is 82.6 Å². The zero-order valence-corrected chi connectivity index (χ0v) is 20.7. The number of hydrogen-bond donors (Lipinski definition) is 2. The molecule has 0 radical (unpaired) electrons. The summed E-state index contributed by atoms with van der Waals surface area (Å²) in [5.41, 5.74) is 2.61. The number of aliphatic hydroxyl groups excluding tert-OH is 1. The van der Waals surface area contributed by atoms with E-state index in [0.717, 1.165) is 31.6 Å². The van der Waals surface area contributed by atoms with Crippen LogP contribution in [0, 0.1) is 0 Å². The van der Waals surface area contributed by atoms with Gasteiger partial charge in [-0.3, -0.25) is 9.59 Å². The third kappa shape index (κ3) is 3.93. The number of aromatic amines is 1. The second-order valence-electron chi connectivity index (χ2n) is 7.99. The zero-order valence-electron chi connectivity index (χ0n) is 18.2. The SMILES string of the molecule is COc1ccc2[nH]cc(CCN3C(=O)C(=O)C(=C(O)c4ccc(Br)cc4)[C@H]3c3cccs3)c2c1. The number of Topliss-reactive ketones (excluding diaryl/α,β-unsaturated/α-hetero) is 1.